The average molecular weight is 685 g/mol. The van der Waals surface area contributed by atoms with Crippen molar-refractivity contribution in [3.8, 4) is 0 Å². The number of aliphatic hydroxyl groups excluding tert-OH is 4. The second-order valence-corrected chi connectivity index (χ2v) is 17.7. The first-order chi connectivity index (χ1) is 22.7. The summed E-state index contributed by atoms with van der Waals surface area (Å²) >= 11 is 0. The summed E-state index contributed by atoms with van der Waals surface area (Å²) in [6.45, 7) is 18.4. The highest BCUT2D eigenvalue weighted by Gasteiger charge is 2.76. The van der Waals surface area contributed by atoms with Crippen LogP contribution in [0.15, 0.2) is 34.9 Å². The molecule has 49 heavy (non-hydrogen) atoms. The van der Waals surface area contributed by atoms with Crippen LogP contribution in [-0.2, 0) is 23.9 Å². The minimum absolute atomic E-state index is 0.0385. The third-order valence-corrected chi connectivity index (χ3v) is 15.4. The summed E-state index contributed by atoms with van der Waals surface area (Å²) in [6.07, 6.45) is 4.19. The summed E-state index contributed by atoms with van der Waals surface area (Å²) in [5.74, 6) is -1.74. The van der Waals surface area contributed by atoms with Crippen molar-refractivity contribution in [2.45, 2.75) is 138 Å². The van der Waals surface area contributed by atoms with Crippen LogP contribution in [0.25, 0.3) is 0 Å². The molecule has 4 saturated carbocycles. The summed E-state index contributed by atoms with van der Waals surface area (Å²) in [6, 6.07) is 0. The highest BCUT2D eigenvalue weighted by Crippen LogP contribution is 2.75. The molecule has 4 fully saturated rings. The van der Waals surface area contributed by atoms with Gasteiger partial charge in [-0.1, -0.05) is 65.3 Å². The summed E-state index contributed by atoms with van der Waals surface area (Å²) in [4.78, 5) is 39.4. The molecule has 4 N–H and O–H groups in total. The molecule has 5 rings (SSSR count). The van der Waals surface area contributed by atoms with Gasteiger partial charge in [-0.15, -0.1) is 0 Å². The van der Waals surface area contributed by atoms with E-state index in [-0.39, 0.29) is 17.3 Å². The third kappa shape index (κ3) is 4.95. The van der Waals surface area contributed by atoms with Crippen LogP contribution in [0.3, 0.4) is 0 Å². The topological polar surface area (TPSA) is 151 Å². The SMILES string of the molecule is CC=C(C)C(=O)O[C@H]1[C@H](OC(=O)C(C)=CC)[C@]2(CO)[C@H](O)[C@H](O)[C@]3(C)C(=CC[C@@H]4[C@@]5(C)CC[C@H](O)[C@@](C)(C=O)[C@@H]5CC[C@]43C)[C@@H]2CC1(C)C. The van der Waals surface area contributed by atoms with Crippen molar-refractivity contribution in [3.05, 3.63) is 34.9 Å². The molecule has 9 nitrogen and oxygen atoms in total. The van der Waals surface area contributed by atoms with Gasteiger partial charge >= 0.3 is 11.9 Å². The van der Waals surface area contributed by atoms with Crippen LogP contribution in [0.4, 0.5) is 0 Å². The number of carbonyl (C=O) groups excluding carboxylic acids is 3. The van der Waals surface area contributed by atoms with Gasteiger partial charge in [-0.05, 0) is 94.8 Å². The normalized spacial score (nSPS) is 47.8. The van der Waals surface area contributed by atoms with Gasteiger partial charge in [-0.3, -0.25) is 0 Å². The summed E-state index contributed by atoms with van der Waals surface area (Å²) < 4.78 is 12.4. The molecule has 0 bridgehead atoms. The van der Waals surface area contributed by atoms with Gasteiger partial charge in [0.15, 0.2) is 6.10 Å². The molecule has 0 saturated heterocycles. The van der Waals surface area contributed by atoms with Crippen LogP contribution in [-0.4, -0.2) is 75.8 Å². The predicted molar refractivity (Wildman–Crippen MR) is 185 cm³/mol. The van der Waals surface area contributed by atoms with Crippen LogP contribution in [0.5, 0.6) is 0 Å². The van der Waals surface area contributed by atoms with Gasteiger partial charge in [0.25, 0.3) is 0 Å². The number of esters is 2. The standard InChI is InChI=1S/C40H60O9/c1-11-22(3)33(46)48-31-32(49-34(47)23(4)12-2)40(21-42)25(19-35(31,5)6)24-13-14-27-36(7)17-16-28(43)37(8,20-41)26(36)15-18-38(27,9)39(24,10)29(44)30(40)45/h11-13,20,25-32,42-45H,14-19,21H2,1-10H3/t25-,26+,27+,28-,29-,30+,31-,32-,36-,37-,38+,39-,40-/m0/s1. The quantitative estimate of drug-likeness (QED) is 0.128. The average Bonchev–Trinajstić information content (AvgIpc) is 3.06. The van der Waals surface area contributed by atoms with Gasteiger partial charge in [-0.2, -0.15) is 0 Å². The first kappa shape index (κ1) is 37.9. The monoisotopic (exact) mass is 684 g/mol. The first-order valence-electron chi connectivity index (χ1n) is 18.2. The van der Waals surface area contributed by atoms with E-state index in [9.17, 15) is 34.8 Å². The van der Waals surface area contributed by atoms with Gasteiger partial charge < -0.3 is 34.7 Å². The van der Waals surface area contributed by atoms with E-state index in [1.165, 1.54) is 0 Å². The number of ether oxygens (including phenoxy) is 2. The molecule has 0 heterocycles. The predicted octanol–water partition coefficient (Wildman–Crippen LogP) is 5.24. The number of allylic oxidation sites excluding steroid dienone is 3. The smallest absolute Gasteiger partial charge is 0.333 e. The lowest BCUT2D eigenvalue weighted by molar-refractivity contribution is -0.291. The summed E-state index contributed by atoms with van der Waals surface area (Å²) in [7, 11) is 0. The molecule has 0 aromatic rings. The first-order valence-corrected chi connectivity index (χ1v) is 18.2. The van der Waals surface area contributed by atoms with Crippen LogP contribution in [0, 0.1) is 50.2 Å². The minimum atomic E-state index is -1.58. The van der Waals surface area contributed by atoms with Crippen molar-refractivity contribution < 1.29 is 44.3 Å². The Morgan fingerprint density at radius 1 is 0.857 bits per heavy atom. The van der Waals surface area contributed by atoms with E-state index >= 15 is 0 Å². The van der Waals surface area contributed by atoms with Gasteiger partial charge in [-0.25, -0.2) is 9.59 Å². The Morgan fingerprint density at radius 3 is 1.96 bits per heavy atom. The van der Waals surface area contributed by atoms with E-state index in [1.807, 2.05) is 27.7 Å². The van der Waals surface area contributed by atoms with E-state index < -0.39 is 82.1 Å². The summed E-state index contributed by atoms with van der Waals surface area (Å²) in [5, 5.41) is 47.7. The van der Waals surface area contributed by atoms with Crippen LogP contribution in [0.2, 0.25) is 0 Å². The van der Waals surface area contributed by atoms with E-state index in [1.54, 1.807) is 39.8 Å². The van der Waals surface area contributed by atoms with E-state index in [0.717, 1.165) is 18.3 Å². The van der Waals surface area contributed by atoms with Gasteiger partial charge in [0.1, 0.15) is 12.4 Å². The van der Waals surface area contributed by atoms with Crippen LogP contribution in [0.1, 0.15) is 108 Å². The molecule has 274 valence electrons. The number of hydrogen-bond donors (Lipinski definition) is 4. The van der Waals surface area contributed by atoms with Gasteiger partial charge in [0, 0.05) is 22.0 Å². The van der Waals surface area contributed by atoms with Gasteiger partial charge in [0.05, 0.1) is 35.7 Å². The van der Waals surface area contributed by atoms with Crippen molar-refractivity contribution in [3.63, 3.8) is 0 Å². The fourth-order valence-corrected chi connectivity index (χ4v) is 11.8. The highest BCUT2D eigenvalue weighted by atomic mass is 16.6. The number of fused-ring (bicyclic) bond motifs is 7. The van der Waals surface area contributed by atoms with Gasteiger partial charge in [0.2, 0.25) is 0 Å². The molecule has 0 unspecified atom stereocenters. The molecule has 5 aliphatic carbocycles. The van der Waals surface area contributed by atoms with E-state index in [2.05, 4.69) is 19.9 Å². The van der Waals surface area contributed by atoms with Crippen LogP contribution < -0.4 is 0 Å². The number of carbonyl (C=O) groups is 3. The Bertz CT molecular complexity index is 1460. The Hall–Kier alpha value is -2.33. The summed E-state index contributed by atoms with van der Waals surface area (Å²) in [5.41, 5.74) is -3.33. The van der Waals surface area contributed by atoms with Crippen molar-refractivity contribution >= 4 is 18.2 Å². The lowest BCUT2D eigenvalue weighted by atomic mass is 9.32. The Balaban J connectivity index is 1.69. The number of aldehydes is 1. The highest BCUT2D eigenvalue weighted by molar-refractivity contribution is 5.88. The fraction of sp³-hybridized carbons (Fsp3) is 0.775. The molecule has 0 aromatic carbocycles. The third-order valence-electron chi connectivity index (χ3n) is 15.4. The Kier molecular flexibility index (Phi) is 9.61. The Labute approximate surface area is 292 Å². The van der Waals surface area contributed by atoms with Crippen molar-refractivity contribution in [2.24, 2.45) is 50.2 Å². The Morgan fingerprint density at radius 2 is 1.43 bits per heavy atom. The maximum Gasteiger partial charge on any atom is 0.333 e. The maximum absolute atomic E-state index is 13.5. The molecular formula is C40H60O9. The number of aliphatic hydroxyl groups is 4. The largest absolute Gasteiger partial charge is 0.454 e. The number of hydrogen-bond acceptors (Lipinski definition) is 9. The number of rotatable bonds is 6. The van der Waals surface area contributed by atoms with Crippen LogP contribution >= 0.6 is 0 Å². The molecule has 5 aliphatic rings. The zero-order chi connectivity index (χ0) is 36.7. The van der Waals surface area contributed by atoms with E-state index in [0.29, 0.717) is 43.3 Å². The molecule has 0 spiro atoms. The molecule has 9 heteroatoms. The zero-order valence-electron chi connectivity index (χ0n) is 31.2. The zero-order valence-corrected chi connectivity index (χ0v) is 31.2. The van der Waals surface area contributed by atoms with Crippen molar-refractivity contribution in [1.82, 2.24) is 0 Å². The minimum Gasteiger partial charge on any atom is -0.454 e. The lowest BCUT2D eigenvalue weighted by Crippen LogP contribution is -2.76. The second kappa shape index (κ2) is 12.4. The molecule has 0 amide bonds. The van der Waals surface area contributed by atoms with Crippen molar-refractivity contribution in [1.29, 1.82) is 0 Å². The second-order valence-electron chi connectivity index (χ2n) is 17.7. The van der Waals surface area contributed by atoms with Crippen molar-refractivity contribution in [2.75, 3.05) is 6.61 Å². The van der Waals surface area contributed by atoms with E-state index in [4.69, 9.17) is 9.47 Å². The fourth-order valence-electron chi connectivity index (χ4n) is 11.8. The molecule has 13 atom stereocenters. The molecule has 0 aromatic heterocycles. The lowest BCUT2D eigenvalue weighted by Gasteiger charge is -2.73. The molecule has 0 radical (unpaired) electrons. The molecular weight excluding hydrogens is 624 g/mol. The molecule has 0 aliphatic heterocycles. The maximum atomic E-state index is 13.5.